The fourth-order valence-electron chi connectivity index (χ4n) is 2.29. The quantitative estimate of drug-likeness (QED) is 0.826. The van der Waals surface area contributed by atoms with E-state index in [1.54, 1.807) is 6.20 Å². The molecule has 4 heteroatoms. The lowest BCUT2D eigenvalue weighted by molar-refractivity contribution is -0.121. The summed E-state index contributed by atoms with van der Waals surface area (Å²) < 4.78 is 0. The minimum atomic E-state index is -0.188. The van der Waals surface area contributed by atoms with Gasteiger partial charge in [0.15, 0.2) is 0 Å². The standard InChI is InChI=1S/C19H25N3O/c1-4-19(2,3)22-17(23)14-21-18(15-10-6-5-7-11-15)16-12-8-9-13-20-16/h5-13,18,21H,4,14H2,1-3H3,(H,22,23)/t18-/m0/s1. The minimum absolute atomic E-state index is 0.00582. The molecule has 122 valence electrons. The topological polar surface area (TPSA) is 54.0 Å². The largest absolute Gasteiger partial charge is 0.350 e. The molecule has 4 nitrogen and oxygen atoms in total. The summed E-state index contributed by atoms with van der Waals surface area (Å²) in [6.45, 7) is 6.37. The van der Waals surface area contributed by atoms with Crippen LogP contribution in [0.1, 0.15) is 44.5 Å². The number of hydrogen-bond acceptors (Lipinski definition) is 3. The van der Waals surface area contributed by atoms with Crippen LogP contribution in [0.15, 0.2) is 54.7 Å². The predicted octanol–water partition coefficient (Wildman–Crippen LogP) is 3.07. The molecule has 1 amide bonds. The molecule has 0 unspecified atom stereocenters. The van der Waals surface area contributed by atoms with Crippen LogP contribution < -0.4 is 10.6 Å². The highest BCUT2D eigenvalue weighted by atomic mass is 16.2. The lowest BCUT2D eigenvalue weighted by atomic mass is 10.0. The van der Waals surface area contributed by atoms with Crippen LogP contribution in [0.5, 0.6) is 0 Å². The van der Waals surface area contributed by atoms with Crippen molar-refractivity contribution < 1.29 is 4.79 Å². The first-order valence-electron chi connectivity index (χ1n) is 8.02. The first-order valence-corrected chi connectivity index (χ1v) is 8.02. The Morgan fingerprint density at radius 1 is 1.13 bits per heavy atom. The van der Waals surface area contributed by atoms with Crippen LogP contribution in [0, 0.1) is 0 Å². The second kappa shape index (κ2) is 7.88. The van der Waals surface area contributed by atoms with Crippen molar-refractivity contribution in [2.24, 2.45) is 0 Å². The molecule has 0 fully saturated rings. The van der Waals surface area contributed by atoms with Crippen molar-refractivity contribution in [3.8, 4) is 0 Å². The van der Waals surface area contributed by atoms with Crippen molar-refractivity contribution in [1.82, 2.24) is 15.6 Å². The lowest BCUT2D eigenvalue weighted by Gasteiger charge is -2.25. The van der Waals surface area contributed by atoms with Gasteiger partial charge in [0.05, 0.1) is 18.3 Å². The molecular formula is C19H25N3O. The van der Waals surface area contributed by atoms with Crippen molar-refractivity contribution >= 4 is 5.91 Å². The highest BCUT2D eigenvalue weighted by Crippen LogP contribution is 2.19. The predicted molar refractivity (Wildman–Crippen MR) is 93.0 cm³/mol. The average Bonchev–Trinajstić information content (AvgIpc) is 2.56. The SMILES string of the molecule is CCC(C)(C)NC(=O)CN[C@@H](c1ccccc1)c1ccccn1. The third-order valence-corrected chi connectivity index (χ3v) is 3.94. The van der Waals surface area contributed by atoms with Crippen LogP contribution in [0.25, 0.3) is 0 Å². The van der Waals surface area contributed by atoms with E-state index in [4.69, 9.17) is 0 Å². The summed E-state index contributed by atoms with van der Waals surface area (Å²) >= 11 is 0. The third-order valence-electron chi connectivity index (χ3n) is 3.94. The van der Waals surface area contributed by atoms with E-state index in [1.807, 2.05) is 62.4 Å². The number of nitrogens with one attached hydrogen (secondary N) is 2. The fraction of sp³-hybridized carbons (Fsp3) is 0.368. The van der Waals surface area contributed by atoms with Crippen molar-refractivity contribution in [3.05, 3.63) is 66.0 Å². The molecule has 1 aromatic carbocycles. The number of benzene rings is 1. The van der Waals surface area contributed by atoms with Crippen LogP contribution in [-0.4, -0.2) is 23.0 Å². The Balaban J connectivity index is 2.09. The van der Waals surface area contributed by atoms with Gasteiger partial charge in [-0.15, -0.1) is 0 Å². The Labute approximate surface area is 138 Å². The van der Waals surface area contributed by atoms with Crippen molar-refractivity contribution in [2.75, 3.05) is 6.54 Å². The number of aromatic nitrogens is 1. The van der Waals surface area contributed by atoms with E-state index >= 15 is 0 Å². The molecule has 0 aliphatic rings. The summed E-state index contributed by atoms with van der Waals surface area (Å²) in [5.41, 5.74) is 1.81. The molecule has 2 N–H and O–H groups in total. The van der Waals surface area contributed by atoms with E-state index in [1.165, 1.54) is 0 Å². The van der Waals surface area contributed by atoms with E-state index in [-0.39, 0.29) is 24.0 Å². The summed E-state index contributed by atoms with van der Waals surface area (Å²) in [6.07, 6.45) is 2.66. The molecule has 2 rings (SSSR count). The first kappa shape index (κ1) is 17.2. The summed E-state index contributed by atoms with van der Waals surface area (Å²) in [7, 11) is 0. The number of rotatable bonds is 7. The number of nitrogens with zero attached hydrogens (tertiary/aromatic N) is 1. The maximum Gasteiger partial charge on any atom is 0.234 e. The Morgan fingerprint density at radius 2 is 1.83 bits per heavy atom. The van der Waals surface area contributed by atoms with Crippen molar-refractivity contribution in [3.63, 3.8) is 0 Å². The van der Waals surface area contributed by atoms with Crippen molar-refractivity contribution in [1.29, 1.82) is 0 Å². The highest BCUT2D eigenvalue weighted by molar-refractivity contribution is 5.78. The molecule has 0 bridgehead atoms. The average molecular weight is 311 g/mol. The molecule has 2 aromatic rings. The van der Waals surface area contributed by atoms with Crippen LogP contribution in [-0.2, 0) is 4.79 Å². The molecule has 0 saturated carbocycles. The fourth-order valence-corrected chi connectivity index (χ4v) is 2.29. The van der Waals surface area contributed by atoms with Gasteiger partial charge >= 0.3 is 0 Å². The molecule has 1 aromatic heterocycles. The van der Waals surface area contributed by atoms with Gasteiger partial charge in [0.1, 0.15) is 0 Å². The van der Waals surface area contributed by atoms with Crippen LogP contribution in [0.3, 0.4) is 0 Å². The second-order valence-corrected chi connectivity index (χ2v) is 6.26. The number of pyridine rings is 1. The summed E-state index contributed by atoms with van der Waals surface area (Å²) in [6, 6.07) is 15.8. The van der Waals surface area contributed by atoms with Crippen LogP contribution in [0.2, 0.25) is 0 Å². The Hall–Kier alpha value is -2.20. The van der Waals surface area contributed by atoms with Gasteiger partial charge in [0.2, 0.25) is 5.91 Å². The van der Waals surface area contributed by atoms with E-state index in [0.29, 0.717) is 0 Å². The summed E-state index contributed by atoms with van der Waals surface area (Å²) in [5, 5.41) is 6.37. The first-order chi connectivity index (χ1) is 11.0. The number of carbonyl (C=O) groups is 1. The van der Waals surface area contributed by atoms with E-state index in [2.05, 4.69) is 22.5 Å². The second-order valence-electron chi connectivity index (χ2n) is 6.26. The number of hydrogen-bond donors (Lipinski definition) is 2. The maximum absolute atomic E-state index is 12.2. The zero-order chi connectivity index (χ0) is 16.7. The highest BCUT2D eigenvalue weighted by Gasteiger charge is 2.20. The van der Waals surface area contributed by atoms with Crippen LogP contribution >= 0.6 is 0 Å². The van der Waals surface area contributed by atoms with Gasteiger partial charge in [-0.3, -0.25) is 15.1 Å². The Morgan fingerprint density at radius 3 is 2.43 bits per heavy atom. The number of amides is 1. The molecule has 1 atom stereocenters. The van der Waals surface area contributed by atoms with Gasteiger partial charge in [0, 0.05) is 11.7 Å². The summed E-state index contributed by atoms with van der Waals surface area (Å²) in [4.78, 5) is 16.6. The number of carbonyl (C=O) groups excluding carboxylic acids is 1. The Kier molecular flexibility index (Phi) is 5.88. The smallest absolute Gasteiger partial charge is 0.234 e. The molecule has 0 aliphatic heterocycles. The maximum atomic E-state index is 12.2. The van der Waals surface area contributed by atoms with Gasteiger partial charge < -0.3 is 5.32 Å². The molecule has 1 heterocycles. The van der Waals surface area contributed by atoms with Gasteiger partial charge in [-0.2, -0.15) is 0 Å². The molecule has 0 saturated heterocycles. The summed E-state index contributed by atoms with van der Waals surface area (Å²) in [5.74, 6) is -0.00582. The van der Waals surface area contributed by atoms with E-state index < -0.39 is 0 Å². The lowest BCUT2D eigenvalue weighted by Crippen LogP contribution is -2.47. The van der Waals surface area contributed by atoms with Gasteiger partial charge in [0.25, 0.3) is 0 Å². The molecule has 0 radical (unpaired) electrons. The normalized spacial score (nSPS) is 12.7. The minimum Gasteiger partial charge on any atom is -0.350 e. The third kappa shape index (κ3) is 5.18. The van der Waals surface area contributed by atoms with E-state index in [9.17, 15) is 4.79 Å². The molecule has 0 spiro atoms. The van der Waals surface area contributed by atoms with Gasteiger partial charge in [-0.1, -0.05) is 43.3 Å². The zero-order valence-corrected chi connectivity index (χ0v) is 14.0. The molecule has 0 aliphatic carbocycles. The van der Waals surface area contributed by atoms with Crippen molar-refractivity contribution in [2.45, 2.75) is 38.8 Å². The van der Waals surface area contributed by atoms with E-state index in [0.717, 1.165) is 17.7 Å². The van der Waals surface area contributed by atoms with Gasteiger partial charge in [-0.25, -0.2) is 0 Å². The van der Waals surface area contributed by atoms with Gasteiger partial charge in [-0.05, 0) is 38.0 Å². The monoisotopic (exact) mass is 311 g/mol. The molecule has 23 heavy (non-hydrogen) atoms. The zero-order valence-electron chi connectivity index (χ0n) is 14.0. The Bertz CT molecular complexity index is 572. The molecular weight excluding hydrogens is 286 g/mol. The van der Waals surface area contributed by atoms with Crippen LogP contribution in [0.4, 0.5) is 0 Å².